The smallest absolute Gasteiger partial charge is 0.257 e. The first-order valence-corrected chi connectivity index (χ1v) is 26.9. The van der Waals surface area contributed by atoms with Gasteiger partial charge in [0.2, 0.25) is 5.91 Å². The first-order valence-electron chi connectivity index (χ1n) is 26.9. The van der Waals surface area contributed by atoms with Crippen LogP contribution in [0.25, 0.3) is 0 Å². The van der Waals surface area contributed by atoms with E-state index < -0.39 is 101 Å². The molecule has 19 nitrogen and oxygen atoms in total. The van der Waals surface area contributed by atoms with Crippen LogP contribution in [0.15, 0.2) is 84.8 Å². The highest BCUT2D eigenvalue weighted by atomic mass is 16.8. The minimum absolute atomic E-state index is 0.0322. The average Bonchev–Trinajstić information content (AvgIpc) is 3.21. The molecule has 0 bridgehead atoms. The average molecular weight is 1050 g/mol. The van der Waals surface area contributed by atoms with Crippen molar-refractivity contribution in [1.29, 1.82) is 0 Å². The maximum absolute atomic E-state index is 15.4. The normalized spacial score (nSPS) is 42.6. The quantitative estimate of drug-likeness (QED) is 0.123. The fourth-order valence-corrected chi connectivity index (χ4v) is 15.4. The first kappa shape index (κ1) is 54.3. The van der Waals surface area contributed by atoms with Crippen LogP contribution in [-0.2, 0) is 38.1 Å². The number of allylic oxidation sites excluding steroid dienone is 2. The lowest BCUT2D eigenvalue weighted by Gasteiger charge is -2.70. The number of hydrogen-bond donors (Lipinski definition) is 8. The summed E-state index contributed by atoms with van der Waals surface area (Å²) in [6, 6.07) is 15.1. The van der Waals surface area contributed by atoms with Gasteiger partial charge in [0, 0.05) is 29.9 Å². The number of rotatable bonds is 10. The van der Waals surface area contributed by atoms with Crippen molar-refractivity contribution in [1.82, 2.24) is 15.0 Å². The van der Waals surface area contributed by atoms with E-state index in [0.717, 1.165) is 38.5 Å². The number of aromatic nitrogens is 3. The number of ketones is 1. The molecule has 2 saturated heterocycles. The van der Waals surface area contributed by atoms with Gasteiger partial charge in [-0.2, -0.15) is 0 Å². The van der Waals surface area contributed by atoms with Crippen LogP contribution < -0.4 is 16.0 Å². The van der Waals surface area contributed by atoms with E-state index in [4.69, 9.17) is 18.9 Å². The van der Waals surface area contributed by atoms with Crippen LogP contribution >= 0.6 is 0 Å². The fourth-order valence-electron chi connectivity index (χ4n) is 15.4. The zero-order valence-corrected chi connectivity index (χ0v) is 44.3. The van der Waals surface area contributed by atoms with Crippen molar-refractivity contribution in [3.05, 3.63) is 84.8 Å². The van der Waals surface area contributed by atoms with Gasteiger partial charge in [-0.15, -0.1) is 0 Å². The van der Waals surface area contributed by atoms with Crippen molar-refractivity contribution in [2.75, 3.05) is 16.0 Å². The lowest BCUT2D eigenvalue weighted by molar-refractivity contribution is -0.369. The first-order chi connectivity index (χ1) is 35.9. The van der Waals surface area contributed by atoms with Gasteiger partial charge in [-0.05, 0) is 139 Å². The Morgan fingerprint density at radius 2 is 1.17 bits per heavy atom. The molecule has 0 radical (unpaired) electrons. The molecule has 19 atom stereocenters. The van der Waals surface area contributed by atoms with Crippen molar-refractivity contribution in [2.24, 2.45) is 50.2 Å². The van der Waals surface area contributed by atoms with E-state index in [0.29, 0.717) is 25.1 Å². The number of carbonyl (C=O) groups is 4. The molecule has 0 aromatic carbocycles. The van der Waals surface area contributed by atoms with Crippen molar-refractivity contribution < 1.29 is 63.7 Å². The van der Waals surface area contributed by atoms with Crippen molar-refractivity contribution in [3.63, 3.8) is 0 Å². The number of aliphatic hydroxyl groups is 5. The van der Waals surface area contributed by atoms with Crippen LogP contribution in [0.2, 0.25) is 0 Å². The SMILES string of the molecule is CC1(C)C2CC[C@]3(C)C(C(=O)C=C4C5C[C@@](C)(C(=O)Nc6ccccn6)CC[C@]5(C)CC[C@]43C)[C@@]2(C)CC[C@@H]1O[C@H]1O[C@H](C(=O)Nc2ccccn2)[C@@H](O)[C@H](O)[C@H]1O[C@@H]1O[C@H](C(=O)Nc2ccccn2)[C@@H](O)[C@H](O)[C@H]1O. The Labute approximate surface area is 443 Å². The molecule has 4 saturated carbocycles. The molecule has 10 rings (SSSR count). The zero-order chi connectivity index (χ0) is 54.3. The number of nitrogens with one attached hydrogen (secondary N) is 3. The number of aliphatic hydroxyl groups excluding tert-OH is 5. The molecule has 0 spiro atoms. The van der Waals surface area contributed by atoms with Gasteiger partial charge in [0.15, 0.2) is 30.6 Å². The Hall–Kier alpha value is -5.09. The second kappa shape index (κ2) is 20.0. The Kier molecular flexibility index (Phi) is 14.3. The molecule has 2 aliphatic heterocycles. The molecule has 19 heteroatoms. The maximum atomic E-state index is 15.4. The largest absolute Gasteiger partial charge is 0.387 e. The lowest BCUT2D eigenvalue weighted by Crippen LogP contribution is -2.68. The van der Waals surface area contributed by atoms with Gasteiger partial charge in [0.05, 0.1) is 6.10 Å². The highest BCUT2D eigenvalue weighted by Crippen LogP contribution is 2.75. The molecule has 76 heavy (non-hydrogen) atoms. The Morgan fingerprint density at radius 3 is 1.75 bits per heavy atom. The third-order valence-corrected chi connectivity index (χ3v) is 20.0. The highest BCUT2D eigenvalue weighted by molar-refractivity contribution is 5.97. The summed E-state index contributed by atoms with van der Waals surface area (Å²) in [6.07, 6.45) is -6.01. The number of anilines is 3. The van der Waals surface area contributed by atoms with Gasteiger partial charge in [0.1, 0.15) is 54.1 Å². The van der Waals surface area contributed by atoms with Crippen molar-refractivity contribution in [2.45, 2.75) is 174 Å². The van der Waals surface area contributed by atoms with E-state index in [1.165, 1.54) is 24.0 Å². The minimum atomic E-state index is -1.98. The minimum Gasteiger partial charge on any atom is -0.387 e. The summed E-state index contributed by atoms with van der Waals surface area (Å²) in [6.45, 7) is 15.5. The molecule has 7 aliphatic rings. The molecular formula is C57H74N6O13. The number of hydrogen-bond acceptors (Lipinski definition) is 16. The second-order valence-electron chi connectivity index (χ2n) is 24.7. The number of pyridine rings is 3. The van der Waals surface area contributed by atoms with Crippen LogP contribution in [0.5, 0.6) is 0 Å². The summed E-state index contributed by atoms with van der Waals surface area (Å²) in [5, 5.41) is 65.0. The number of carbonyl (C=O) groups excluding carboxylic acids is 4. The lowest BCUT2D eigenvalue weighted by atomic mass is 9.33. The summed E-state index contributed by atoms with van der Waals surface area (Å²) in [5.74, 6) is -1.30. The molecule has 3 unspecified atom stereocenters. The van der Waals surface area contributed by atoms with E-state index in [9.17, 15) is 39.9 Å². The van der Waals surface area contributed by atoms with Gasteiger partial charge in [-0.3, -0.25) is 19.2 Å². The van der Waals surface area contributed by atoms with Crippen LogP contribution in [0, 0.1) is 50.2 Å². The topological polar surface area (TPSA) is 281 Å². The molecule has 5 aliphatic carbocycles. The van der Waals surface area contributed by atoms with Gasteiger partial charge >= 0.3 is 0 Å². The maximum Gasteiger partial charge on any atom is 0.257 e. The van der Waals surface area contributed by atoms with E-state index in [1.807, 2.05) is 18.2 Å². The number of ether oxygens (including phenoxy) is 4. The predicted molar refractivity (Wildman–Crippen MR) is 275 cm³/mol. The van der Waals surface area contributed by atoms with Crippen molar-refractivity contribution >= 4 is 41.0 Å². The molecule has 3 aromatic rings. The van der Waals surface area contributed by atoms with Crippen LogP contribution in [0.1, 0.15) is 106 Å². The fraction of sp³-hybridized carbons (Fsp3) is 0.632. The molecule has 5 heterocycles. The van der Waals surface area contributed by atoms with Crippen LogP contribution in [-0.4, -0.2) is 132 Å². The van der Waals surface area contributed by atoms with Gasteiger partial charge in [-0.25, -0.2) is 15.0 Å². The Morgan fingerprint density at radius 1 is 0.618 bits per heavy atom. The molecule has 6 fully saturated rings. The van der Waals surface area contributed by atoms with Crippen LogP contribution in [0.3, 0.4) is 0 Å². The molecule has 8 N–H and O–H groups in total. The zero-order valence-electron chi connectivity index (χ0n) is 44.3. The molecule has 3 amide bonds. The van der Waals surface area contributed by atoms with Gasteiger partial charge < -0.3 is 60.4 Å². The standard InChI is InChI=1S/C57H74N6O13/c1-52(2)33-17-20-57(7)46(32(64)28-30-31-29-54(4,51(72)63-37-16-10-13-27-60-37)22-21-53(31,3)23-24-56(30,57)6)55(33,5)19-18-34(52)73-50-45(41(68)40(67)44(75-50)48(71)62-36-15-9-12-26-59-36)76-49-42(69)38(65)39(66)43(74-49)47(70)61-35-14-8-11-25-58-35/h8-16,25-28,31,33-34,38-46,49-50,65-69H,17-24,29H2,1-7H3,(H,58,61,70)(H,59,62,71)(H,60,63,72)/t31?,33?,34-,38-,39-,40-,41-,42+,43-,44-,45+,46?,49-,50-,53+,54-,55-,56+,57+/m0/s1. The van der Waals surface area contributed by atoms with E-state index >= 15 is 4.79 Å². The summed E-state index contributed by atoms with van der Waals surface area (Å²) >= 11 is 0. The third-order valence-electron chi connectivity index (χ3n) is 20.0. The number of amides is 3. The van der Waals surface area contributed by atoms with Crippen molar-refractivity contribution in [3.8, 4) is 0 Å². The predicted octanol–water partition coefficient (Wildman–Crippen LogP) is 5.09. The van der Waals surface area contributed by atoms with Gasteiger partial charge in [-0.1, -0.05) is 72.2 Å². The monoisotopic (exact) mass is 1050 g/mol. The summed E-state index contributed by atoms with van der Waals surface area (Å²) in [4.78, 5) is 69.4. The molecule has 3 aromatic heterocycles. The van der Waals surface area contributed by atoms with Crippen LogP contribution in [0.4, 0.5) is 17.5 Å². The Bertz CT molecular complexity index is 2700. The summed E-state index contributed by atoms with van der Waals surface area (Å²) in [7, 11) is 0. The molecule has 410 valence electrons. The Balaban J connectivity index is 0.919. The van der Waals surface area contributed by atoms with E-state index in [-0.39, 0.29) is 51.9 Å². The summed E-state index contributed by atoms with van der Waals surface area (Å²) < 4.78 is 25.3. The van der Waals surface area contributed by atoms with Gasteiger partial charge in [0.25, 0.3) is 11.8 Å². The number of nitrogens with zero attached hydrogens (tertiary/aromatic N) is 3. The molecular weight excluding hydrogens is 977 g/mol. The second-order valence-corrected chi connectivity index (χ2v) is 24.7. The van der Waals surface area contributed by atoms with E-state index in [1.54, 1.807) is 42.6 Å². The summed E-state index contributed by atoms with van der Waals surface area (Å²) in [5.41, 5.74) is -1.49. The third kappa shape index (κ3) is 9.10. The highest BCUT2D eigenvalue weighted by Gasteiger charge is 2.71. The van der Waals surface area contributed by atoms with E-state index in [2.05, 4.69) is 79.4 Å². The number of fused-ring (bicyclic) bond motifs is 7.